The maximum Gasteiger partial charge on any atom is 0.328 e. The van der Waals surface area contributed by atoms with Gasteiger partial charge in [0.05, 0.1) is 20.3 Å². The lowest BCUT2D eigenvalue weighted by Gasteiger charge is -2.28. The van der Waals surface area contributed by atoms with Gasteiger partial charge in [0.25, 0.3) is 0 Å². The van der Waals surface area contributed by atoms with Gasteiger partial charge in [0.2, 0.25) is 0 Å². The summed E-state index contributed by atoms with van der Waals surface area (Å²) in [6.45, 7) is 2.11. The molecule has 1 aliphatic rings. The van der Waals surface area contributed by atoms with E-state index in [1.54, 1.807) is 4.90 Å². The number of carbonyl (C=O) groups is 2. The number of methoxy groups -OCH3 is 1. The van der Waals surface area contributed by atoms with Crippen LogP contribution in [0.2, 0.25) is 0 Å². The fourth-order valence-corrected chi connectivity index (χ4v) is 2.19. The minimum atomic E-state index is -0.687. The zero-order valence-corrected chi connectivity index (χ0v) is 12.1. The molecule has 1 fully saturated rings. The van der Waals surface area contributed by atoms with E-state index in [-0.39, 0.29) is 6.03 Å². The van der Waals surface area contributed by atoms with Crippen LogP contribution in [0.4, 0.5) is 4.79 Å². The summed E-state index contributed by atoms with van der Waals surface area (Å²) in [5, 5.41) is 2.74. The van der Waals surface area contributed by atoms with Crippen LogP contribution in [0.5, 0.6) is 0 Å². The Labute approximate surface area is 124 Å². The Morgan fingerprint density at radius 2 is 1.95 bits per heavy atom. The molecule has 0 radical (unpaired) electrons. The largest absolute Gasteiger partial charge is 0.467 e. The van der Waals surface area contributed by atoms with Crippen LogP contribution in [0.3, 0.4) is 0 Å². The number of nitrogens with one attached hydrogen (secondary N) is 1. The number of hydrogen-bond donors (Lipinski definition) is 1. The summed E-state index contributed by atoms with van der Waals surface area (Å²) in [5.41, 5.74) is 0.968. The summed E-state index contributed by atoms with van der Waals surface area (Å²) in [4.78, 5) is 25.7. The van der Waals surface area contributed by atoms with Gasteiger partial charge in [0.15, 0.2) is 0 Å². The Bertz CT molecular complexity index is 472. The van der Waals surface area contributed by atoms with Gasteiger partial charge in [-0.25, -0.2) is 9.59 Å². The number of urea groups is 1. The second-order valence-electron chi connectivity index (χ2n) is 4.81. The van der Waals surface area contributed by atoms with Crippen LogP contribution in [0.15, 0.2) is 30.3 Å². The predicted molar refractivity (Wildman–Crippen MR) is 76.9 cm³/mol. The summed E-state index contributed by atoms with van der Waals surface area (Å²) < 4.78 is 9.98. The minimum absolute atomic E-state index is 0.260. The Morgan fingerprint density at radius 1 is 1.29 bits per heavy atom. The Balaban J connectivity index is 1.99. The molecule has 0 aliphatic carbocycles. The van der Waals surface area contributed by atoms with Crippen molar-refractivity contribution in [2.24, 2.45) is 0 Å². The Hall–Kier alpha value is -2.08. The Morgan fingerprint density at radius 3 is 2.57 bits per heavy atom. The number of rotatable bonds is 4. The third-order valence-corrected chi connectivity index (χ3v) is 3.36. The van der Waals surface area contributed by atoms with Gasteiger partial charge in [-0.3, -0.25) is 0 Å². The molecule has 6 nitrogen and oxygen atoms in total. The third-order valence-electron chi connectivity index (χ3n) is 3.36. The van der Waals surface area contributed by atoms with Crippen LogP contribution in [0.1, 0.15) is 5.56 Å². The van der Waals surface area contributed by atoms with E-state index in [1.165, 1.54) is 7.11 Å². The third kappa shape index (κ3) is 4.46. The molecule has 2 rings (SSSR count). The molecule has 0 unspecified atom stereocenters. The molecule has 1 N–H and O–H groups in total. The molecule has 0 saturated carbocycles. The molecule has 21 heavy (non-hydrogen) atoms. The lowest BCUT2D eigenvalue weighted by Crippen LogP contribution is -2.52. The summed E-state index contributed by atoms with van der Waals surface area (Å²) in [7, 11) is 1.32. The standard InChI is InChI=1S/C15H20N2O4/c1-20-14(18)13(11-12-5-3-2-4-6-12)16-15(19)17-7-9-21-10-8-17/h2-6,13H,7-11H2,1H3,(H,16,19)/t13-/m1/s1. The first-order chi connectivity index (χ1) is 10.2. The fraction of sp³-hybridized carbons (Fsp3) is 0.467. The molecule has 0 aromatic heterocycles. The van der Waals surface area contributed by atoms with E-state index < -0.39 is 12.0 Å². The van der Waals surface area contributed by atoms with Crippen LogP contribution < -0.4 is 5.32 Å². The van der Waals surface area contributed by atoms with Gasteiger partial charge < -0.3 is 19.7 Å². The van der Waals surface area contributed by atoms with Gasteiger partial charge in [-0.1, -0.05) is 30.3 Å². The summed E-state index contributed by atoms with van der Waals surface area (Å²) in [5.74, 6) is -0.444. The highest BCUT2D eigenvalue weighted by atomic mass is 16.5. The van der Waals surface area contributed by atoms with Crippen molar-refractivity contribution in [1.29, 1.82) is 0 Å². The lowest BCUT2D eigenvalue weighted by atomic mass is 10.1. The highest BCUT2D eigenvalue weighted by molar-refractivity contribution is 5.83. The monoisotopic (exact) mass is 292 g/mol. The van der Waals surface area contributed by atoms with E-state index in [1.807, 2.05) is 30.3 Å². The first kappa shape index (κ1) is 15.3. The van der Waals surface area contributed by atoms with Crippen molar-refractivity contribution >= 4 is 12.0 Å². The van der Waals surface area contributed by atoms with Crippen LogP contribution in [-0.2, 0) is 20.7 Å². The molecule has 1 heterocycles. The average Bonchev–Trinajstić information content (AvgIpc) is 2.55. The number of esters is 1. The van der Waals surface area contributed by atoms with Crippen molar-refractivity contribution in [1.82, 2.24) is 10.2 Å². The topological polar surface area (TPSA) is 67.9 Å². The number of benzene rings is 1. The van der Waals surface area contributed by atoms with Crippen molar-refractivity contribution in [3.8, 4) is 0 Å². The van der Waals surface area contributed by atoms with Crippen molar-refractivity contribution in [3.05, 3.63) is 35.9 Å². The van der Waals surface area contributed by atoms with E-state index in [9.17, 15) is 9.59 Å². The fourth-order valence-electron chi connectivity index (χ4n) is 2.19. The van der Waals surface area contributed by atoms with E-state index in [0.29, 0.717) is 32.7 Å². The van der Waals surface area contributed by atoms with E-state index in [0.717, 1.165) is 5.56 Å². The first-order valence-corrected chi connectivity index (χ1v) is 6.95. The highest BCUT2D eigenvalue weighted by Gasteiger charge is 2.25. The SMILES string of the molecule is COC(=O)[C@@H](Cc1ccccc1)NC(=O)N1CCOCC1. The number of nitrogens with zero attached hydrogens (tertiary/aromatic N) is 1. The van der Waals surface area contributed by atoms with Crippen LogP contribution in [0, 0.1) is 0 Å². The molecule has 6 heteroatoms. The molecule has 0 bridgehead atoms. The molecule has 1 aromatic carbocycles. The number of morpholine rings is 1. The predicted octanol–water partition coefficient (Wildman–Crippen LogP) is 0.812. The summed E-state index contributed by atoms with van der Waals surface area (Å²) >= 11 is 0. The molecule has 2 amide bonds. The summed E-state index contributed by atoms with van der Waals surface area (Å²) in [6.07, 6.45) is 0.406. The number of amides is 2. The van der Waals surface area contributed by atoms with Crippen molar-refractivity contribution in [2.75, 3.05) is 33.4 Å². The van der Waals surface area contributed by atoms with E-state index >= 15 is 0 Å². The first-order valence-electron chi connectivity index (χ1n) is 6.95. The van der Waals surface area contributed by atoms with Gasteiger partial charge >= 0.3 is 12.0 Å². The zero-order chi connectivity index (χ0) is 15.1. The van der Waals surface area contributed by atoms with E-state index in [2.05, 4.69) is 5.32 Å². The number of ether oxygens (including phenoxy) is 2. The molecule has 1 atom stereocenters. The molecule has 114 valence electrons. The molecular weight excluding hydrogens is 272 g/mol. The number of hydrogen-bond acceptors (Lipinski definition) is 4. The molecule has 1 saturated heterocycles. The quantitative estimate of drug-likeness (QED) is 0.834. The second-order valence-corrected chi connectivity index (χ2v) is 4.81. The van der Waals surface area contributed by atoms with Crippen molar-refractivity contribution < 1.29 is 19.1 Å². The number of carbonyl (C=O) groups excluding carboxylic acids is 2. The van der Waals surface area contributed by atoms with Crippen LogP contribution >= 0.6 is 0 Å². The lowest BCUT2D eigenvalue weighted by molar-refractivity contribution is -0.142. The summed E-state index contributed by atoms with van der Waals surface area (Å²) in [6, 6.07) is 8.58. The molecule has 1 aromatic rings. The van der Waals surface area contributed by atoms with Crippen LogP contribution in [0.25, 0.3) is 0 Å². The van der Waals surface area contributed by atoms with Crippen molar-refractivity contribution in [3.63, 3.8) is 0 Å². The highest BCUT2D eigenvalue weighted by Crippen LogP contribution is 2.06. The normalized spacial score (nSPS) is 16.1. The second kappa shape index (κ2) is 7.64. The molecule has 0 spiro atoms. The van der Waals surface area contributed by atoms with Crippen molar-refractivity contribution in [2.45, 2.75) is 12.5 Å². The van der Waals surface area contributed by atoms with Gasteiger partial charge in [-0.2, -0.15) is 0 Å². The van der Waals surface area contributed by atoms with E-state index in [4.69, 9.17) is 9.47 Å². The van der Waals surface area contributed by atoms with Gasteiger partial charge in [0, 0.05) is 19.5 Å². The Kier molecular flexibility index (Phi) is 5.57. The zero-order valence-electron chi connectivity index (χ0n) is 12.1. The van der Waals surface area contributed by atoms with Crippen LogP contribution in [-0.4, -0.2) is 56.4 Å². The van der Waals surface area contributed by atoms with Gasteiger partial charge in [-0.05, 0) is 5.56 Å². The smallest absolute Gasteiger partial charge is 0.328 e. The van der Waals surface area contributed by atoms with Gasteiger partial charge in [-0.15, -0.1) is 0 Å². The molecule has 1 aliphatic heterocycles. The van der Waals surface area contributed by atoms with Gasteiger partial charge in [0.1, 0.15) is 6.04 Å². The maximum atomic E-state index is 12.2. The average molecular weight is 292 g/mol. The molecular formula is C15H20N2O4. The minimum Gasteiger partial charge on any atom is -0.467 e. The maximum absolute atomic E-state index is 12.2.